The minimum absolute atomic E-state index is 0.415. The third-order valence-electron chi connectivity index (χ3n) is 4.49. The molecule has 1 aromatic carbocycles. The van der Waals surface area contributed by atoms with E-state index < -0.39 is 0 Å². The molecule has 3 N–H and O–H groups in total. The zero-order valence-corrected chi connectivity index (χ0v) is 15.7. The van der Waals surface area contributed by atoms with Gasteiger partial charge in [-0.3, -0.25) is 4.40 Å². The first-order chi connectivity index (χ1) is 14.2. The number of anilines is 3. The van der Waals surface area contributed by atoms with Crippen molar-refractivity contribution in [2.24, 2.45) is 0 Å². The molecule has 0 aliphatic carbocycles. The summed E-state index contributed by atoms with van der Waals surface area (Å²) in [6, 6.07) is 19.4. The number of nitrogens with two attached hydrogens (primary N) is 1. The fourth-order valence-electron chi connectivity index (χ4n) is 3.28. The van der Waals surface area contributed by atoms with E-state index in [0.29, 0.717) is 29.0 Å². The van der Waals surface area contributed by atoms with E-state index in [1.165, 1.54) is 0 Å². The van der Waals surface area contributed by atoms with E-state index in [4.69, 9.17) is 10.7 Å². The molecule has 142 valence electrons. The van der Waals surface area contributed by atoms with Crippen molar-refractivity contribution in [1.29, 1.82) is 0 Å². The van der Waals surface area contributed by atoms with Crippen molar-refractivity contribution >= 4 is 23.1 Å². The molecule has 4 heterocycles. The van der Waals surface area contributed by atoms with Gasteiger partial charge in [0.05, 0.1) is 11.4 Å². The molecule has 5 rings (SSSR count). The Kier molecular flexibility index (Phi) is 3.94. The van der Waals surface area contributed by atoms with Gasteiger partial charge in [-0.1, -0.05) is 24.3 Å². The van der Waals surface area contributed by atoms with Gasteiger partial charge >= 0.3 is 0 Å². The van der Waals surface area contributed by atoms with Crippen LogP contribution in [0.25, 0.3) is 22.7 Å². The number of pyridine rings is 1. The standard InChI is InChI=1S/C21H18N8/c1-14-23-16(13-17(22)24-14)20-21(26-19-9-5-6-11-28(19)20)25-18-10-12-29(27-18)15-7-3-2-4-8-15/h2-13H,1H3,(H,25,27)(H2,22,23,24). The highest BCUT2D eigenvalue weighted by molar-refractivity contribution is 5.78. The molecular formula is C21H18N8. The molecule has 4 aromatic heterocycles. The number of nitrogen functional groups attached to an aromatic ring is 1. The predicted molar refractivity (Wildman–Crippen MR) is 112 cm³/mol. The first-order valence-corrected chi connectivity index (χ1v) is 9.14. The van der Waals surface area contributed by atoms with Crippen LogP contribution in [0, 0.1) is 6.92 Å². The summed E-state index contributed by atoms with van der Waals surface area (Å²) >= 11 is 0. The maximum absolute atomic E-state index is 5.96. The number of nitrogens with zero attached hydrogens (tertiary/aromatic N) is 6. The Balaban J connectivity index is 1.60. The van der Waals surface area contributed by atoms with Gasteiger partial charge in [-0.25, -0.2) is 19.6 Å². The maximum Gasteiger partial charge on any atom is 0.160 e. The van der Waals surface area contributed by atoms with Crippen molar-refractivity contribution in [3.63, 3.8) is 0 Å². The third kappa shape index (κ3) is 3.16. The number of rotatable bonds is 4. The summed E-state index contributed by atoms with van der Waals surface area (Å²) < 4.78 is 3.78. The van der Waals surface area contributed by atoms with Crippen molar-refractivity contribution in [3.05, 3.63) is 78.9 Å². The Labute approximate surface area is 166 Å². The van der Waals surface area contributed by atoms with E-state index in [1.807, 2.05) is 83.0 Å². The number of benzene rings is 1. The van der Waals surface area contributed by atoms with Crippen molar-refractivity contribution < 1.29 is 0 Å². The number of hydrogen-bond acceptors (Lipinski definition) is 6. The first-order valence-electron chi connectivity index (χ1n) is 9.14. The highest BCUT2D eigenvalue weighted by Crippen LogP contribution is 2.30. The molecule has 0 atom stereocenters. The van der Waals surface area contributed by atoms with Crippen LogP contribution in [-0.2, 0) is 0 Å². The molecule has 0 bridgehead atoms. The number of nitrogens with one attached hydrogen (secondary N) is 1. The molecule has 0 spiro atoms. The van der Waals surface area contributed by atoms with Crippen molar-refractivity contribution in [2.75, 3.05) is 11.1 Å². The van der Waals surface area contributed by atoms with Crippen LogP contribution in [0.4, 0.5) is 17.5 Å². The minimum atomic E-state index is 0.415. The number of imidazole rings is 1. The minimum Gasteiger partial charge on any atom is -0.384 e. The monoisotopic (exact) mass is 382 g/mol. The van der Waals surface area contributed by atoms with Gasteiger partial charge in [0.1, 0.15) is 23.0 Å². The predicted octanol–water partition coefficient (Wildman–Crippen LogP) is 3.61. The zero-order valence-electron chi connectivity index (χ0n) is 15.7. The number of fused-ring (bicyclic) bond motifs is 1. The molecule has 0 amide bonds. The number of para-hydroxylation sites is 1. The van der Waals surface area contributed by atoms with Crippen molar-refractivity contribution in [3.8, 4) is 17.1 Å². The molecule has 0 radical (unpaired) electrons. The van der Waals surface area contributed by atoms with Crippen molar-refractivity contribution in [1.82, 2.24) is 29.1 Å². The Bertz CT molecular complexity index is 1280. The fraction of sp³-hybridized carbons (Fsp3) is 0.0476. The summed E-state index contributed by atoms with van der Waals surface area (Å²) in [6.45, 7) is 1.82. The lowest BCUT2D eigenvalue weighted by molar-refractivity contribution is 0.884. The van der Waals surface area contributed by atoms with Crippen LogP contribution in [0.1, 0.15) is 5.82 Å². The van der Waals surface area contributed by atoms with Crippen LogP contribution in [0.2, 0.25) is 0 Å². The molecule has 0 aliphatic heterocycles. The van der Waals surface area contributed by atoms with E-state index in [0.717, 1.165) is 17.0 Å². The van der Waals surface area contributed by atoms with Gasteiger partial charge in [0.15, 0.2) is 11.6 Å². The summed E-state index contributed by atoms with van der Waals surface area (Å²) in [5.74, 6) is 2.34. The normalized spacial score (nSPS) is 11.1. The average molecular weight is 382 g/mol. The highest BCUT2D eigenvalue weighted by Gasteiger charge is 2.17. The molecule has 8 heteroatoms. The lowest BCUT2D eigenvalue weighted by Crippen LogP contribution is -2.01. The SMILES string of the molecule is Cc1nc(N)cc(-c2c(Nc3ccn(-c4ccccc4)n3)nc3ccccn23)n1. The summed E-state index contributed by atoms with van der Waals surface area (Å²) in [5, 5.41) is 7.94. The number of aromatic nitrogens is 6. The molecule has 0 saturated heterocycles. The van der Waals surface area contributed by atoms with Gasteiger partial charge in [-0.15, -0.1) is 0 Å². The van der Waals surface area contributed by atoms with Gasteiger partial charge in [0, 0.05) is 24.5 Å². The van der Waals surface area contributed by atoms with E-state index in [1.54, 1.807) is 6.07 Å². The molecule has 29 heavy (non-hydrogen) atoms. The molecule has 0 unspecified atom stereocenters. The number of aryl methyl sites for hydroxylation is 1. The van der Waals surface area contributed by atoms with Gasteiger partial charge < -0.3 is 11.1 Å². The highest BCUT2D eigenvalue weighted by atomic mass is 15.3. The van der Waals surface area contributed by atoms with E-state index in [9.17, 15) is 0 Å². The van der Waals surface area contributed by atoms with E-state index >= 15 is 0 Å². The van der Waals surface area contributed by atoms with Crippen LogP contribution in [0.5, 0.6) is 0 Å². The maximum atomic E-state index is 5.96. The molecule has 0 saturated carbocycles. The zero-order chi connectivity index (χ0) is 19.8. The van der Waals surface area contributed by atoms with Gasteiger partial charge in [0.2, 0.25) is 0 Å². The number of hydrogen-bond donors (Lipinski definition) is 2. The largest absolute Gasteiger partial charge is 0.384 e. The van der Waals surface area contributed by atoms with Gasteiger partial charge in [-0.05, 0) is 31.2 Å². The van der Waals surface area contributed by atoms with Gasteiger partial charge in [0.25, 0.3) is 0 Å². The second-order valence-corrected chi connectivity index (χ2v) is 6.57. The fourth-order valence-corrected chi connectivity index (χ4v) is 3.28. The molecule has 8 nitrogen and oxygen atoms in total. The van der Waals surface area contributed by atoms with Gasteiger partial charge in [-0.2, -0.15) is 5.10 Å². The topological polar surface area (TPSA) is 98.9 Å². The lowest BCUT2D eigenvalue weighted by Gasteiger charge is -2.07. The third-order valence-corrected chi connectivity index (χ3v) is 4.49. The van der Waals surface area contributed by atoms with Crippen LogP contribution < -0.4 is 11.1 Å². The quantitative estimate of drug-likeness (QED) is 0.493. The molecule has 0 fully saturated rings. The first kappa shape index (κ1) is 16.9. The Morgan fingerprint density at radius 1 is 0.897 bits per heavy atom. The van der Waals surface area contributed by atoms with E-state index in [-0.39, 0.29) is 0 Å². The lowest BCUT2D eigenvalue weighted by atomic mass is 10.2. The van der Waals surface area contributed by atoms with E-state index in [2.05, 4.69) is 20.4 Å². The van der Waals surface area contributed by atoms with Crippen LogP contribution in [0.3, 0.4) is 0 Å². The summed E-state index contributed by atoms with van der Waals surface area (Å²) in [5.41, 5.74) is 9.23. The average Bonchev–Trinajstić information content (AvgIpc) is 3.32. The van der Waals surface area contributed by atoms with Crippen LogP contribution in [0.15, 0.2) is 73.1 Å². The second kappa shape index (κ2) is 6.75. The summed E-state index contributed by atoms with van der Waals surface area (Å²) in [7, 11) is 0. The molecular weight excluding hydrogens is 364 g/mol. The summed E-state index contributed by atoms with van der Waals surface area (Å²) in [6.07, 6.45) is 3.85. The smallest absolute Gasteiger partial charge is 0.160 e. The Morgan fingerprint density at radius 3 is 2.55 bits per heavy atom. The second-order valence-electron chi connectivity index (χ2n) is 6.57. The molecule has 0 aliphatic rings. The summed E-state index contributed by atoms with van der Waals surface area (Å²) in [4.78, 5) is 13.5. The Hall–Kier alpha value is -4.20. The van der Waals surface area contributed by atoms with Crippen LogP contribution in [-0.4, -0.2) is 29.1 Å². The molecule has 5 aromatic rings. The Morgan fingerprint density at radius 2 is 1.72 bits per heavy atom. The van der Waals surface area contributed by atoms with Crippen molar-refractivity contribution in [2.45, 2.75) is 6.92 Å². The van der Waals surface area contributed by atoms with Crippen LogP contribution >= 0.6 is 0 Å².